The van der Waals surface area contributed by atoms with Crippen LogP contribution < -0.4 is 11.1 Å². The van der Waals surface area contributed by atoms with E-state index in [9.17, 15) is 4.79 Å². The fourth-order valence-electron chi connectivity index (χ4n) is 0.519. The average molecular weight is 158 g/mol. The molecule has 0 saturated carbocycles. The van der Waals surface area contributed by atoms with E-state index in [1.807, 2.05) is 0 Å². The number of nitrogens with two attached hydrogens (primary N) is 1. The Morgan fingerprint density at radius 2 is 2.00 bits per heavy atom. The van der Waals surface area contributed by atoms with Crippen LogP contribution in [0.1, 0.15) is 27.7 Å². The Balaban J connectivity index is 3.82. The zero-order chi connectivity index (χ0) is 9.07. The lowest BCUT2D eigenvalue weighted by Gasteiger charge is -2.28. The molecule has 0 aromatic carbocycles. The molecular formula is C8H18N2O. The number of hydrogen-bond acceptors (Lipinski definition) is 1. The fourth-order valence-corrected chi connectivity index (χ4v) is 0.519. The molecule has 3 N–H and O–H groups in total. The highest BCUT2D eigenvalue weighted by molar-refractivity contribution is 5.71. The lowest BCUT2D eigenvalue weighted by molar-refractivity contribution is 0.221. The molecule has 0 rings (SSSR count). The highest BCUT2D eigenvalue weighted by atomic mass is 16.2. The van der Waals surface area contributed by atoms with Crippen LogP contribution in [0.15, 0.2) is 0 Å². The van der Waals surface area contributed by atoms with Gasteiger partial charge in [-0.2, -0.15) is 0 Å². The minimum absolute atomic E-state index is 0.120. The molecule has 0 radical (unpaired) electrons. The summed E-state index contributed by atoms with van der Waals surface area (Å²) in [5.41, 5.74) is 5.07. The zero-order valence-electron chi connectivity index (χ0n) is 7.77. The molecule has 0 atom stereocenters. The van der Waals surface area contributed by atoms with Gasteiger partial charge in [0.25, 0.3) is 0 Å². The maximum atomic E-state index is 10.4. The Morgan fingerprint density at radius 1 is 1.55 bits per heavy atom. The van der Waals surface area contributed by atoms with Gasteiger partial charge in [0.1, 0.15) is 0 Å². The zero-order valence-corrected chi connectivity index (χ0v) is 7.77. The first-order chi connectivity index (χ1) is 4.86. The number of nitrogens with one attached hydrogen (secondary N) is 1. The van der Waals surface area contributed by atoms with Gasteiger partial charge in [0, 0.05) is 6.54 Å². The molecule has 0 aromatic heterocycles. The van der Waals surface area contributed by atoms with E-state index in [1.165, 1.54) is 0 Å². The van der Waals surface area contributed by atoms with Crippen molar-refractivity contribution >= 4 is 6.03 Å². The summed E-state index contributed by atoms with van der Waals surface area (Å²) in [6.45, 7) is 9.10. The van der Waals surface area contributed by atoms with Gasteiger partial charge in [-0.1, -0.05) is 27.7 Å². The quantitative estimate of drug-likeness (QED) is 0.639. The normalized spacial score (nSPS) is 11.7. The summed E-state index contributed by atoms with van der Waals surface area (Å²) in [5.74, 6) is 0.536. The molecule has 0 bridgehead atoms. The summed E-state index contributed by atoms with van der Waals surface area (Å²) >= 11 is 0. The van der Waals surface area contributed by atoms with Crippen LogP contribution in [0.5, 0.6) is 0 Å². The summed E-state index contributed by atoms with van der Waals surface area (Å²) in [4.78, 5) is 10.4. The first kappa shape index (κ1) is 10.3. The van der Waals surface area contributed by atoms with Crippen molar-refractivity contribution < 1.29 is 4.79 Å². The highest BCUT2D eigenvalue weighted by Gasteiger charge is 2.22. The first-order valence-electron chi connectivity index (χ1n) is 3.89. The van der Waals surface area contributed by atoms with E-state index in [1.54, 1.807) is 0 Å². The van der Waals surface area contributed by atoms with Crippen LogP contribution in [0, 0.1) is 11.3 Å². The predicted molar refractivity (Wildman–Crippen MR) is 46.2 cm³/mol. The van der Waals surface area contributed by atoms with Crippen LogP contribution in [0.25, 0.3) is 0 Å². The van der Waals surface area contributed by atoms with E-state index < -0.39 is 6.03 Å². The Morgan fingerprint density at radius 3 is 2.27 bits per heavy atom. The Bertz CT molecular complexity index is 141. The van der Waals surface area contributed by atoms with Crippen molar-refractivity contribution in [2.45, 2.75) is 27.7 Å². The number of hydrogen-bond donors (Lipinski definition) is 2. The lowest BCUT2D eigenvalue weighted by atomic mass is 9.81. The van der Waals surface area contributed by atoms with Gasteiger partial charge in [0.05, 0.1) is 0 Å². The third-order valence-electron chi connectivity index (χ3n) is 2.28. The molecule has 3 nitrogen and oxygen atoms in total. The van der Waals surface area contributed by atoms with Crippen molar-refractivity contribution in [2.75, 3.05) is 6.54 Å². The number of amides is 2. The molecule has 0 fully saturated rings. The number of carbonyl (C=O) groups excluding carboxylic acids is 1. The first-order valence-corrected chi connectivity index (χ1v) is 3.89. The van der Waals surface area contributed by atoms with Crippen LogP contribution in [0.3, 0.4) is 0 Å². The van der Waals surface area contributed by atoms with Gasteiger partial charge < -0.3 is 11.1 Å². The van der Waals surface area contributed by atoms with Gasteiger partial charge in [-0.05, 0) is 11.3 Å². The van der Waals surface area contributed by atoms with Gasteiger partial charge >= 0.3 is 6.03 Å². The van der Waals surface area contributed by atoms with E-state index in [2.05, 4.69) is 33.0 Å². The van der Waals surface area contributed by atoms with Crippen molar-refractivity contribution in [3.63, 3.8) is 0 Å². The largest absolute Gasteiger partial charge is 0.352 e. The van der Waals surface area contributed by atoms with Gasteiger partial charge in [0.2, 0.25) is 0 Å². The number of carbonyl (C=O) groups is 1. The molecule has 11 heavy (non-hydrogen) atoms. The second kappa shape index (κ2) is 3.60. The molecular weight excluding hydrogens is 140 g/mol. The molecule has 0 aromatic rings. The summed E-state index contributed by atoms with van der Waals surface area (Å²) in [7, 11) is 0. The van der Waals surface area contributed by atoms with Crippen LogP contribution in [0.4, 0.5) is 4.79 Å². The van der Waals surface area contributed by atoms with Gasteiger partial charge in [-0.3, -0.25) is 0 Å². The van der Waals surface area contributed by atoms with Crippen molar-refractivity contribution in [2.24, 2.45) is 17.1 Å². The SMILES string of the molecule is CC(C)C(C)(C)CNC(N)=O. The average Bonchev–Trinajstić information content (AvgIpc) is 1.84. The lowest BCUT2D eigenvalue weighted by Crippen LogP contribution is -2.39. The molecule has 0 aliphatic rings. The molecule has 3 heteroatoms. The Hall–Kier alpha value is -0.730. The van der Waals surface area contributed by atoms with Crippen molar-refractivity contribution in [3.8, 4) is 0 Å². The van der Waals surface area contributed by atoms with Crippen LogP contribution in [0.2, 0.25) is 0 Å². The Kier molecular flexibility index (Phi) is 3.36. The third kappa shape index (κ3) is 3.86. The number of primary amides is 1. The minimum atomic E-state index is -0.446. The van der Waals surface area contributed by atoms with E-state index >= 15 is 0 Å². The standard InChI is InChI=1S/C8H18N2O/c1-6(2)8(3,4)5-10-7(9)11/h6H,5H2,1-4H3,(H3,9,10,11). The third-order valence-corrected chi connectivity index (χ3v) is 2.28. The van der Waals surface area contributed by atoms with Crippen molar-refractivity contribution in [3.05, 3.63) is 0 Å². The van der Waals surface area contributed by atoms with Gasteiger partial charge in [0.15, 0.2) is 0 Å². The summed E-state index contributed by atoms with van der Waals surface area (Å²) in [5, 5.41) is 2.61. The second-order valence-electron chi connectivity index (χ2n) is 3.86. The molecule has 0 aliphatic carbocycles. The summed E-state index contributed by atoms with van der Waals surface area (Å²) in [6.07, 6.45) is 0. The fraction of sp³-hybridized carbons (Fsp3) is 0.875. The Labute approximate surface area is 68.3 Å². The van der Waals surface area contributed by atoms with Crippen LogP contribution in [-0.4, -0.2) is 12.6 Å². The minimum Gasteiger partial charge on any atom is -0.352 e. The molecule has 0 saturated heterocycles. The molecule has 2 amide bonds. The monoisotopic (exact) mass is 158 g/mol. The maximum Gasteiger partial charge on any atom is 0.312 e. The molecule has 0 aliphatic heterocycles. The van der Waals surface area contributed by atoms with Gasteiger partial charge in [-0.15, -0.1) is 0 Å². The molecule has 0 heterocycles. The molecule has 66 valence electrons. The smallest absolute Gasteiger partial charge is 0.312 e. The second-order valence-corrected chi connectivity index (χ2v) is 3.86. The number of rotatable bonds is 3. The molecule has 0 spiro atoms. The van der Waals surface area contributed by atoms with Gasteiger partial charge in [-0.25, -0.2) is 4.79 Å². The highest BCUT2D eigenvalue weighted by Crippen LogP contribution is 2.24. The topological polar surface area (TPSA) is 55.1 Å². The number of urea groups is 1. The summed E-state index contributed by atoms with van der Waals surface area (Å²) in [6, 6.07) is -0.446. The van der Waals surface area contributed by atoms with Crippen molar-refractivity contribution in [1.82, 2.24) is 5.32 Å². The van der Waals surface area contributed by atoms with E-state index in [0.29, 0.717) is 12.5 Å². The van der Waals surface area contributed by atoms with E-state index in [0.717, 1.165) is 0 Å². The van der Waals surface area contributed by atoms with Crippen LogP contribution >= 0.6 is 0 Å². The van der Waals surface area contributed by atoms with Crippen molar-refractivity contribution in [1.29, 1.82) is 0 Å². The maximum absolute atomic E-state index is 10.4. The predicted octanol–water partition coefficient (Wildman–Crippen LogP) is 1.34. The molecule has 0 unspecified atom stereocenters. The summed E-state index contributed by atoms with van der Waals surface area (Å²) < 4.78 is 0. The van der Waals surface area contributed by atoms with E-state index in [4.69, 9.17) is 5.73 Å². The van der Waals surface area contributed by atoms with Crippen LogP contribution in [-0.2, 0) is 0 Å². The van der Waals surface area contributed by atoms with E-state index in [-0.39, 0.29) is 5.41 Å².